The van der Waals surface area contributed by atoms with Crippen molar-refractivity contribution in [2.75, 3.05) is 6.61 Å². The smallest absolute Gasteiger partial charge is 0.208 e. The summed E-state index contributed by atoms with van der Waals surface area (Å²) in [5.41, 5.74) is 0. The number of phenolic OH excluding ortho intramolecular Hbond substituents is 1. The van der Waals surface area contributed by atoms with Crippen molar-refractivity contribution in [3.8, 4) is 5.75 Å². The number of hydrogen-bond donors (Lipinski definition) is 1. The minimum Gasteiger partial charge on any atom is -0.508 e. The third kappa shape index (κ3) is 3.86. The van der Waals surface area contributed by atoms with E-state index in [9.17, 15) is 0 Å². The van der Waals surface area contributed by atoms with E-state index >= 15 is 0 Å². The Kier molecular flexibility index (Phi) is 4.79. The summed E-state index contributed by atoms with van der Waals surface area (Å²) in [6.45, 7) is 3.27. The molecule has 2 aromatic carbocycles. The van der Waals surface area contributed by atoms with Gasteiger partial charge in [-0.25, -0.2) is 0 Å². The van der Waals surface area contributed by atoms with E-state index in [0.29, 0.717) is 5.75 Å². The molecule has 3 rings (SSSR count). The standard InChI is InChI=1S/C10H8O.C5H11OSi/c11-10-6-5-8-3-1-2-4-9(8)7-10;1-7-5-3-2-4-6-7/h1-7,11H;2-5H2,1H3. The molecule has 2 nitrogen and oxygen atoms in total. The minimum absolute atomic E-state index is 0.293. The molecule has 95 valence electrons. The van der Waals surface area contributed by atoms with Gasteiger partial charge in [-0.3, -0.25) is 0 Å². The van der Waals surface area contributed by atoms with Gasteiger partial charge in [-0.15, -0.1) is 0 Å². The molecule has 0 spiro atoms. The fraction of sp³-hybridized carbons (Fsp3) is 0.333. The Hall–Kier alpha value is -1.32. The summed E-state index contributed by atoms with van der Waals surface area (Å²) >= 11 is 0. The first-order valence-corrected chi connectivity index (χ1v) is 8.50. The van der Waals surface area contributed by atoms with Crippen LogP contribution in [0.2, 0.25) is 12.6 Å². The molecule has 0 aliphatic carbocycles. The summed E-state index contributed by atoms with van der Waals surface area (Å²) in [5, 5.41) is 11.4. The second kappa shape index (κ2) is 6.57. The van der Waals surface area contributed by atoms with Crippen molar-refractivity contribution in [1.29, 1.82) is 0 Å². The predicted octanol–water partition coefficient (Wildman–Crippen LogP) is 3.96. The SMILES string of the molecule is C[Si]1CCCCO1.Oc1ccc2ccccc2c1. The monoisotopic (exact) mass is 259 g/mol. The Morgan fingerprint density at radius 3 is 2.44 bits per heavy atom. The van der Waals surface area contributed by atoms with Crippen LogP contribution < -0.4 is 0 Å². The van der Waals surface area contributed by atoms with Gasteiger partial charge in [0.15, 0.2) is 0 Å². The molecule has 0 atom stereocenters. The van der Waals surface area contributed by atoms with Crippen LogP contribution in [-0.2, 0) is 4.43 Å². The Morgan fingerprint density at radius 1 is 1.06 bits per heavy atom. The topological polar surface area (TPSA) is 29.5 Å². The molecular formula is C15H19O2Si. The number of phenols is 1. The van der Waals surface area contributed by atoms with E-state index in [-0.39, 0.29) is 9.04 Å². The lowest BCUT2D eigenvalue weighted by Crippen LogP contribution is -2.18. The summed E-state index contributed by atoms with van der Waals surface area (Å²) in [4.78, 5) is 0. The van der Waals surface area contributed by atoms with Crippen molar-refractivity contribution < 1.29 is 9.53 Å². The molecule has 18 heavy (non-hydrogen) atoms. The lowest BCUT2D eigenvalue weighted by molar-refractivity contribution is 0.291. The van der Waals surface area contributed by atoms with Gasteiger partial charge in [-0.1, -0.05) is 36.8 Å². The fourth-order valence-electron chi connectivity index (χ4n) is 1.97. The van der Waals surface area contributed by atoms with Gasteiger partial charge >= 0.3 is 0 Å². The lowest BCUT2D eigenvalue weighted by Gasteiger charge is -2.15. The van der Waals surface area contributed by atoms with Gasteiger partial charge in [0.1, 0.15) is 5.75 Å². The van der Waals surface area contributed by atoms with Gasteiger partial charge in [0.05, 0.1) is 0 Å². The molecule has 1 aliphatic rings. The number of fused-ring (bicyclic) bond motifs is 1. The predicted molar refractivity (Wildman–Crippen MR) is 77.2 cm³/mol. The normalized spacial score (nSPS) is 16.1. The highest BCUT2D eigenvalue weighted by Gasteiger charge is 2.09. The Labute approximate surface area is 110 Å². The van der Waals surface area contributed by atoms with Crippen molar-refractivity contribution in [3.63, 3.8) is 0 Å². The average molecular weight is 259 g/mol. The third-order valence-electron chi connectivity index (χ3n) is 3.00. The molecule has 0 unspecified atom stereocenters. The van der Waals surface area contributed by atoms with Crippen LogP contribution in [0.5, 0.6) is 5.75 Å². The molecule has 1 heterocycles. The van der Waals surface area contributed by atoms with Crippen molar-refractivity contribution >= 4 is 19.8 Å². The van der Waals surface area contributed by atoms with E-state index in [2.05, 4.69) is 6.55 Å². The molecular weight excluding hydrogens is 240 g/mol. The van der Waals surface area contributed by atoms with Gasteiger partial charge in [-0.2, -0.15) is 0 Å². The summed E-state index contributed by atoms with van der Waals surface area (Å²) in [7, 11) is -0.293. The van der Waals surface area contributed by atoms with E-state index in [1.165, 1.54) is 18.9 Å². The third-order valence-corrected chi connectivity index (χ3v) is 4.76. The molecule has 3 heteroatoms. The van der Waals surface area contributed by atoms with Crippen LogP contribution >= 0.6 is 0 Å². The molecule has 0 saturated carbocycles. The maximum atomic E-state index is 9.13. The number of hydrogen-bond acceptors (Lipinski definition) is 2. The van der Waals surface area contributed by atoms with E-state index < -0.39 is 0 Å². The molecule has 1 saturated heterocycles. The zero-order chi connectivity index (χ0) is 12.8. The zero-order valence-corrected chi connectivity index (χ0v) is 11.7. The second-order valence-electron chi connectivity index (χ2n) is 4.54. The van der Waals surface area contributed by atoms with Crippen LogP contribution in [0.4, 0.5) is 0 Å². The second-order valence-corrected chi connectivity index (χ2v) is 6.73. The first-order valence-electron chi connectivity index (χ1n) is 6.39. The number of aromatic hydroxyl groups is 1. The van der Waals surface area contributed by atoms with E-state index in [4.69, 9.17) is 9.53 Å². The molecule has 1 aliphatic heterocycles. The largest absolute Gasteiger partial charge is 0.508 e. The van der Waals surface area contributed by atoms with E-state index in [1.807, 2.05) is 30.3 Å². The summed E-state index contributed by atoms with van der Waals surface area (Å²) in [6.07, 6.45) is 2.70. The number of benzene rings is 2. The van der Waals surface area contributed by atoms with Crippen LogP contribution in [0.25, 0.3) is 10.8 Å². The summed E-state index contributed by atoms with van der Waals surface area (Å²) in [6, 6.07) is 14.7. The Morgan fingerprint density at radius 2 is 1.83 bits per heavy atom. The quantitative estimate of drug-likeness (QED) is 0.726. The van der Waals surface area contributed by atoms with Crippen molar-refractivity contribution in [3.05, 3.63) is 42.5 Å². The maximum Gasteiger partial charge on any atom is 0.208 e. The Balaban J connectivity index is 0.000000149. The molecule has 0 bridgehead atoms. The molecule has 1 fully saturated rings. The van der Waals surface area contributed by atoms with Crippen molar-refractivity contribution in [2.45, 2.75) is 25.4 Å². The van der Waals surface area contributed by atoms with Gasteiger partial charge < -0.3 is 9.53 Å². The van der Waals surface area contributed by atoms with Crippen LogP contribution in [0, 0.1) is 0 Å². The van der Waals surface area contributed by atoms with Gasteiger partial charge in [0.25, 0.3) is 0 Å². The highest BCUT2D eigenvalue weighted by atomic mass is 28.3. The maximum absolute atomic E-state index is 9.13. The highest BCUT2D eigenvalue weighted by molar-refractivity contribution is 6.50. The minimum atomic E-state index is -0.293. The van der Waals surface area contributed by atoms with Gasteiger partial charge in [-0.05, 0) is 41.9 Å². The fourth-order valence-corrected chi connectivity index (χ4v) is 3.36. The van der Waals surface area contributed by atoms with Crippen molar-refractivity contribution in [1.82, 2.24) is 0 Å². The lowest BCUT2D eigenvalue weighted by atomic mass is 10.1. The van der Waals surface area contributed by atoms with E-state index in [0.717, 1.165) is 17.4 Å². The molecule has 0 amide bonds. The highest BCUT2D eigenvalue weighted by Crippen LogP contribution is 2.18. The van der Waals surface area contributed by atoms with E-state index in [1.54, 1.807) is 12.1 Å². The van der Waals surface area contributed by atoms with Crippen molar-refractivity contribution in [2.24, 2.45) is 0 Å². The van der Waals surface area contributed by atoms with Crippen LogP contribution in [0.15, 0.2) is 42.5 Å². The van der Waals surface area contributed by atoms with Gasteiger partial charge in [0, 0.05) is 6.61 Å². The number of rotatable bonds is 0. The van der Waals surface area contributed by atoms with Gasteiger partial charge in [0.2, 0.25) is 9.04 Å². The molecule has 1 radical (unpaired) electrons. The zero-order valence-electron chi connectivity index (χ0n) is 10.7. The average Bonchev–Trinajstić information content (AvgIpc) is 2.40. The summed E-state index contributed by atoms with van der Waals surface area (Å²) in [5.74, 6) is 0.323. The van der Waals surface area contributed by atoms with Crippen LogP contribution in [0.1, 0.15) is 12.8 Å². The molecule has 0 aromatic heterocycles. The van der Waals surface area contributed by atoms with Crippen LogP contribution in [0.3, 0.4) is 0 Å². The van der Waals surface area contributed by atoms with Crippen LogP contribution in [-0.4, -0.2) is 20.8 Å². The first-order chi connectivity index (χ1) is 8.75. The Bertz CT molecular complexity index is 493. The molecule has 1 N–H and O–H groups in total. The summed E-state index contributed by atoms with van der Waals surface area (Å²) < 4.78 is 5.38. The first kappa shape index (κ1) is 13.1. The molecule has 2 aromatic rings.